The van der Waals surface area contributed by atoms with E-state index in [0.29, 0.717) is 6.54 Å². The van der Waals surface area contributed by atoms with Crippen molar-refractivity contribution in [1.82, 2.24) is 9.78 Å². The summed E-state index contributed by atoms with van der Waals surface area (Å²) < 4.78 is 1.57. The van der Waals surface area contributed by atoms with E-state index in [1.165, 1.54) is 0 Å². The van der Waals surface area contributed by atoms with Crippen LogP contribution in [-0.4, -0.2) is 28.3 Å². The molecule has 0 fully saturated rings. The Bertz CT molecular complexity index is 402. The van der Waals surface area contributed by atoms with Crippen LogP contribution in [0.25, 0.3) is 0 Å². The molecule has 5 heteroatoms. The summed E-state index contributed by atoms with van der Waals surface area (Å²) in [6.07, 6.45) is 4.10. The van der Waals surface area contributed by atoms with Gasteiger partial charge in [-0.15, -0.1) is 0 Å². The molecule has 1 aromatic rings. The zero-order valence-electron chi connectivity index (χ0n) is 8.82. The van der Waals surface area contributed by atoms with Crippen LogP contribution in [0.4, 0.5) is 5.69 Å². The van der Waals surface area contributed by atoms with Gasteiger partial charge in [0.2, 0.25) is 0 Å². The molecular formula is C10H15N3OS. The first kappa shape index (κ1) is 10.5. The van der Waals surface area contributed by atoms with E-state index in [2.05, 4.69) is 10.4 Å². The second-order valence-electron chi connectivity index (χ2n) is 3.59. The fourth-order valence-electron chi connectivity index (χ4n) is 1.68. The first-order valence-corrected chi connectivity index (χ1v) is 6.54. The number of hydrogen-bond donors (Lipinski definition) is 1. The fraction of sp³-hybridized carbons (Fsp3) is 0.600. The van der Waals surface area contributed by atoms with Gasteiger partial charge in [-0.2, -0.15) is 16.9 Å². The molecule has 0 unspecified atom stereocenters. The highest BCUT2D eigenvalue weighted by atomic mass is 32.2. The minimum Gasteiger partial charge on any atom is -0.383 e. The number of nitrogens with one attached hydrogen (secondary N) is 1. The van der Waals surface area contributed by atoms with Gasteiger partial charge >= 0.3 is 0 Å². The van der Waals surface area contributed by atoms with Crippen LogP contribution >= 0.6 is 11.8 Å². The van der Waals surface area contributed by atoms with Crippen molar-refractivity contribution >= 4 is 17.4 Å². The minimum atomic E-state index is -0.00259. The third-order valence-corrected chi connectivity index (χ3v) is 3.08. The summed E-state index contributed by atoms with van der Waals surface area (Å²) in [6.45, 7) is 1.65. The predicted molar refractivity (Wildman–Crippen MR) is 63.7 cm³/mol. The second kappa shape index (κ2) is 4.70. The molecule has 0 radical (unpaired) electrons. The van der Waals surface area contributed by atoms with Crippen molar-refractivity contribution < 1.29 is 0 Å². The van der Waals surface area contributed by atoms with Crippen molar-refractivity contribution in [3.05, 3.63) is 22.1 Å². The molecule has 0 saturated carbocycles. The number of aryl methyl sites for hydroxylation is 2. The number of rotatable bonds is 3. The quantitative estimate of drug-likeness (QED) is 0.832. The maximum atomic E-state index is 11.6. The molecule has 0 amide bonds. The zero-order valence-corrected chi connectivity index (χ0v) is 9.64. The summed E-state index contributed by atoms with van der Waals surface area (Å²) in [6, 6.07) is 1.67. The number of fused-ring (bicyclic) bond motifs is 1. The molecular weight excluding hydrogens is 210 g/mol. The van der Waals surface area contributed by atoms with Crippen molar-refractivity contribution in [2.75, 3.05) is 23.9 Å². The van der Waals surface area contributed by atoms with Crippen LogP contribution in [0.3, 0.4) is 0 Å². The van der Waals surface area contributed by atoms with E-state index in [1.54, 1.807) is 22.5 Å². The normalized spacial score (nSPS) is 14.5. The highest BCUT2D eigenvalue weighted by Gasteiger charge is 2.12. The van der Waals surface area contributed by atoms with Gasteiger partial charge in [-0.3, -0.25) is 4.79 Å². The van der Waals surface area contributed by atoms with Crippen molar-refractivity contribution in [1.29, 1.82) is 0 Å². The molecule has 1 aromatic heterocycles. The van der Waals surface area contributed by atoms with Gasteiger partial charge in [0.05, 0.1) is 17.9 Å². The molecule has 1 aliphatic rings. The molecule has 0 aromatic carbocycles. The Kier molecular flexibility index (Phi) is 3.30. The predicted octanol–water partition coefficient (Wildman–Crippen LogP) is 0.964. The first-order chi connectivity index (χ1) is 7.31. The van der Waals surface area contributed by atoms with Gasteiger partial charge in [-0.25, -0.2) is 4.68 Å². The lowest BCUT2D eigenvalue weighted by Gasteiger charge is -2.17. The average molecular weight is 225 g/mol. The lowest BCUT2D eigenvalue weighted by Crippen LogP contribution is -2.27. The van der Waals surface area contributed by atoms with Crippen molar-refractivity contribution in [2.45, 2.75) is 19.4 Å². The molecule has 0 atom stereocenters. The molecule has 15 heavy (non-hydrogen) atoms. The number of aromatic nitrogens is 2. The summed E-state index contributed by atoms with van der Waals surface area (Å²) in [5.74, 6) is 0.930. The Morgan fingerprint density at radius 3 is 3.33 bits per heavy atom. The number of hydrogen-bond acceptors (Lipinski definition) is 4. The van der Waals surface area contributed by atoms with E-state index in [1.807, 2.05) is 6.26 Å². The van der Waals surface area contributed by atoms with Crippen LogP contribution in [-0.2, 0) is 13.0 Å². The summed E-state index contributed by atoms with van der Waals surface area (Å²) in [5, 5.41) is 7.58. The molecule has 1 aliphatic heterocycles. The highest BCUT2D eigenvalue weighted by molar-refractivity contribution is 7.98. The standard InChI is InChI=1S/C10H15N3OS/c1-15-6-5-13-10(14)7-9-8(12-13)3-2-4-11-9/h7,11H,2-6H2,1H3. The van der Waals surface area contributed by atoms with Crippen LogP contribution in [0.5, 0.6) is 0 Å². The van der Waals surface area contributed by atoms with E-state index in [4.69, 9.17) is 0 Å². The van der Waals surface area contributed by atoms with Crippen LogP contribution < -0.4 is 10.9 Å². The smallest absolute Gasteiger partial charge is 0.268 e. The van der Waals surface area contributed by atoms with Crippen molar-refractivity contribution in [2.24, 2.45) is 0 Å². The largest absolute Gasteiger partial charge is 0.383 e. The van der Waals surface area contributed by atoms with Crippen molar-refractivity contribution in [3.8, 4) is 0 Å². The summed E-state index contributed by atoms with van der Waals surface area (Å²) in [5.41, 5.74) is 1.95. The van der Waals surface area contributed by atoms with E-state index in [-0.39, 0.29) is 5.56 Å². The molecule has 2 rings (SSSR count). The van der Waals surface area contributed by atoms with Crippen molar-refractivity contribution in [3.63, 3.8) is 0 Å². The van der Waals surface area contributed by atoms with Gasteiger partial charge in [0.15, 0.2) is 0 Å². The SMILES string of the molecule is CSCCn1nc2c(cc1=O)NCCC2. The molecule has 82 valence electrons. The molecule has 0 spiro atoms. The Morgan fingerprint density at radius 2 is 2.53 bits per heavy atom. The van der Waals surface area contributed by atoms with E-state index in [0.717, 1.165) is 36.5 Å². The Hall–Kier alpha value is -0.970. The van der Waals surface area contributed by atoms with Crippen LogP contribution in [0, 0.1) is 0 Å². The van der Waals surface area contributed by atoms with Crippen LogP contribution in [0.2, 0.25) is 0 Å². The second-order valence-corrected chi connectivity index (χ2v) is 4.57. The lowest BCUT2D eigenvalue weighted by atomic mass is 10.1. The summed E-state index contributed by atoms with van der Waals surface area (Å²) >= 11 is 1.73. The number of anilines is 1. The highest BCUT2D eigenvalue weighted by Crippen LogP contribution is 2.16. The van der Waals surface area contributed by atoms with Gasteiger partial charge < -0.3 is 5.32 Å². The Labute approximate surface area is 93.1 Å². The van der Waals surface area contributed by atoms with Gasteiger partial charge in [0.1, 0.15) is 0 Å². The van der Waals surface area contributed by atoms with Gasteiger partial charge in [0, 0.05) is 18.4 Å². The maximum absolute atomic E-state index is 11.6. The topological polar surface area (TPSA) is 46.9 Å². The zero-order chi connectivity index (χ0) is 10.7. The minimum absolute atomic E-state index is 0.00259. The van der Waals surface area contributed by atoms with Gasteiger partial charge in [-0.1, -0.05) is 0 Å². The van der Waals surface area contributed by atoms with Gasteiger partial charge in [0.25, 0.3) is 5.56 Å². The molecule has 1 N–H and O–H groups in total. The van der Waals surface area contributed by atoms with E-state index < -0.39 is 0 Å². The lowest BCUT2D eigenvalue weighted by molar-refractivity contribution is 0.594. The average Bonchev–Trinajstić information content (AvgIpc) is 2.26. The fourth-order valence-corrected chi connectivity index (χ4v) is 2.04. The van der Waals surface area contributed by atoms with E-state index in [9.17, 15) is 4.79 Å². The Morgan fingerprint density at radius 1 is 1.67 bits per heavy atom. The molecule has 0 aliphatic carbocycles. The number of nitrogens with zero attached hydrogens (tertiary/aromatic N) is 2. The van der Waals surface area contributed by atoms with E-state index >= 15 is 0 Å². The third kappa shape index (κ3) is 2.34. The van der Waals surface area contributed by atoms with Gasteiger partial charge in [-0.05, 0) is 19.1 Å². The van der Waals surface area contributed by atoms with Crippen LogP contribution in [0.15, 0.2) is 10.9 Å². The Balaban J connectivity index is 2.28. The summed E-state index contributed by atoms with van der Waals surface area (Å²) in [7, 11) is 0. The monoisotopic (exact) mass is 225 g/mol. The maximum Gasteiger partial charge on any atom is 0.268 e. The summed E-state index contributed by atoms with van der Waals surface area (Å²) in [4.78, 5) is 11.6. The molecule has 0 saturated heterocycles. The first-order valence-electron chi connectivity index (χ1n) is 5.15. The molecule has 2 heterocycles. The molecule has 0 bridgehead atoms. The third-order valence-electron chi connectivity index (χ3n) is 2.49. The molecule has 4 nitrogen and oxygen atoms in total. The number of thioether (sulfide) groups is 1. The van der Waals surface area contributed by atoms with Crippen LogP contribution in [0.1, 0.15) is 12.1 Å².